The van der Waals surface area contributed by atoms with Crippen LogP contribution in [0, 0.1) is 0 Å². The minimum absolute atomic E-state index is 0.0617. The molecular formula is C11H10N6O3S. The van der Waals surface area contributed by atoms with Gasteiger partial charge in [-0.05, 0) is 24.3 Å². The van der Waals surface area contributed by atoms with E-state index >= 15 is 0 Å². The molecule has 108 valence electrons. The number of nitrogens with zero attached hydrogens (tertiary/aromatic N) is 3. The molecule has 3 rings (SSSR count). The number of rotatable bonds is 3. The predicted octanol–water partition coefficient (Wildman–Crippen LogP) is 0.925. The van der Waals surface area contributed by atoms with Crippen molar-refractivity contribution in [1.82, 2.24) is 19.9 Å². The van der Waals surface area contributed by atoms with E-state index in [4.69, 9.17) is 10.3 Å². The van der Waals surface area contributed by atoms with Crippen LogP contribution in [0.25, 0.3) is 11.2 Å². The van der Waals surface area contributed by atoms with Crippen LogP contribution in [0.1, 0.15) is 0 Å². The lowest BCUT2D eigenvalue weighted by molar-refractivity contribution is 0.483. The summed E-state index contributed by atoms with van der Waals surface area (Å²) in [5, 5.41) is 2.97. The van der Waals surface area contributed by atoms with Crippen LogP contribution in [0.5, 0.6) is 0 Å². The third-order valence-electron chi connectivity index (χ3n) is 2.72. The highest BCUT2D eigenvalue weighted by Gasteiger charge is 2.11. The van der Waals surface area contributed by atoms with Gasteiger partial charge in [-0.25, -0.2) is 4.98 Å². The van der Waals surface area contributed by atoms with Gasteiger partial charge in [-0.2, -0.15) is 18.4 Å². The zero-order valence-electron chi connectivity index (χ0n) is 10.5. The van der Waals surface area contributed by atoms with Crippen molar-refractivity contribution in [3.63, 3.8) is 0 Å². The van der Waals surface area contributed by atoms with Crippen molar-refractivity contribution in [2.24, 2.45) is 0 Å². The smallest absolute Gasteiger partial charge is 0.294 e. The normalized spacial score (nSPS) is 11.7. The van der Waals surface area contributed by atoms with Crippen LogP contribution in [0.15, 0.2) is 35.5 Å². The number of fused-ring (bicyclic) bond motifs is 1. The summed E-state index contributed by atoms with van der Waals surface area (Å²) < 4.78 is 30.9. The van der Waals surface area contributed by atoms with Crippen molar-refractivity contribution in [2.75, 3.05) is 11.1 Å². The number of imidazole rings is 1. The van der Waals surface area contributed by atoms with Crippen LogP contribution in [0.2, 0.25) is 0 Å². The van der Waals surface area contributed by atoms with Crippen LogP contribution >= 0.6 is 0 Å². The van der Waals surface area contributed by atoms with E-state index in [9.17, 15) is 8.42 Å². The molecule has 0 atom stereocenters. The van der Waals surface area contributed by atoms with Crippen molar-refractivity contribution in [2.45, 2.75) is 4.90 Å². The molecule has 0 saturated carbocycles. The van der Waals surface area contributed by atoms with Gasteiger partial charge in [-0.1, -0.05) is 0 Å². The largest absolute Gasteiger partial charge is 0.368 e. The summed E-state index contributed by atoms with van der Waals surface area (Å²) in [5.74, 6) is 0.473. The van der Waals surface area contributed by atoms with Crippen LogP contribution < -0.4 is 11.1 Å². The van der Waals surface area contributed by atoms with Gasteiger partial charge in [0.2, 0.25) is 5.95 Å². The number of anilines is 3. The fourth-order valence-corrected chi connectivity index (χ4v) is 2.27. The summed E-state index contributed by atoms with van der Waals surface area (Å²) in [6.07, 6.45) is 1.46. The van der Waals surface area contributed by atoms with Crippen molar-refractivity contribution in [3.05, 3.63) is 30.6 Å². The van der Waals surface area contributed by atoms with E-state index in [1.54, 1.807) is 0 Å². The van der Waals surface area contributed by atoms with E-state index in [1.807, 2.05) is 0 Å². The minimum Gasteiger partial charge on any atom is -0.368 e. The Morgan fingerprint density at radius 1 is 1.19 bits per heavy atom. The molecule has 1 aromatic carbocycles. The Kier molecular flexibility index (Phi) is 2.96. The predicted molar refractivity (Wildman–Crippen MR) is 75.6 cm³/mol. The molecule has 2 aromatic heterocycles. The van der Waals surface area contributed by atoms with E-state index in [-0.39, 0.29) is 10.8 Å². The van der Waals surface area contributed by atoms with E-state index < -0.39 is 10.1 Å². The maximum absolute atomic E-state index is 11.0. The van der Waals surface area contributed by atoms with Gasteiger partial charge in [-0.15, -0.1) is 0 Å². The number of nitrogens with two attached hydrogens (primary N) is 1. The molecule has 0 spiro atoms. The first-order chi connectivity index (χ1) is 9.93. The average Bonchev–Trinajstić information content (AvgIpc) is 2.86. The number of nitrogen functional groups attached to an aromatic ring is 1. The van der Waals surface area contributed by atoms with Crippen molar-refractivity contribution in [1.29, 1.82) is 0 Å². The zero-order chi connectivity index (χ0) is 15.0. The molecule has 0 saturated heterocycles. The van der Waals surface area contributed by atoms with Gasteiger partial charge < -0.3 is 16.0 Å². The Morgan fingerprint density at radius 3 is 2.57 bits per heavy atom. The maximum atomic E-state index is 11.0. The molecule has 21 heavy (non-hydrogen) atoms. The number of H-pyrrole nitrogens is 1. The minimum atomic E-state index is -4.21. The molecule has 0 aliphatic carbocycles. The lowest BCUT2D eigenvalue weighted by Crippen LogP contribution is -2.02. The average molecular weight is 306 g/mol. The Balaban J connectivity index is 1.97. The molecule has 9 nitrogen and oxygen atoms in total. The topological polar surface area (TPSA) is 147 Å². The van der Waals surface area contributed by atoms with Gasteiger partial charge in [0.05, 0.1) is 11.2 Å². The second-order valence-corrected chi connectivity index (χ2v) is 5.58. The van der Waals surface area contributed by atoms with Gasteiger partial charge in [-0.3, -0.25) is 4.55 Å². The molecule has 0 fully saturated rings. The summed E-state index contributed by atoms with van der Waals surface area (Å²) in [4.78, 5) is 14.7. The lowest BCUT2D eigenvalue weighted by atomic mass is 10.3. The maximum Gasteiger partial charge on any atom is 0.294 e. The Bertz CT molecular complexity index is 903. The highest BCUT2D eigenvalue weighted by Crippen LogP contribution is 2.22. The quantitative estimate of drug-likeness (QED) is 0.522. The fourth-order valence-electron chi connectivity index (χ4n) is 1.79. The molecule has 2 heterocycles. The van der Waals surface area contributed by atoms with E-state index in [2.05, 4.69) is 25.3 Å². The molecule has 0 radical (unpaired) electrons. The van der Waals surface area contributed by atoms with E-state index in [0.717, 1.165) is 0 Å². The number of aromatic amines is 1. The summed E-state index contributed by atoms with van der Waals surface area (Å²) in [7, 11) is -4.21. The summed E-state index contributed by atoms with van der Waals surface area (Å²) in [6, 6.07) is 5.52. The Hall–Kier alpha value is -2.72. The first-order valence-electron chi connectivity index (χ1n) is 5.74. The fraction of sp³-hybridized carbons (Fsp3) is 0. The molecule has 0 unspecified atom stereocenters. The van der Waals surface area contributed by atoms with Crippen LogP contribution in [0.4, 0.5) is 17.5 Å². The third kappa shape index (κ3) is 2.61. The second kappa shape index (κ2) is 4.68. The number of aromatic nitrogens is 4. The highest BCUT2D eigenvalue weighted by atomic mass is 32.2. The molecule has 0 aliphatic rings. The van der Waals surface area contributed by atoms with Crippen LogP contribution in [0.3, 0.4) is 0 Å². The molecular weight excluding hydrogens is 296 g/mol. The Labute approximate surface area is 119 Å². The lowest BCUT2D eigenvalue weighted by Gasteiger charge is -2.07. The van der Waals surface area contributed by atoms with Gasteiger partial charge >= 0.3 is 0 Å². The van der Waals surface area contributed by atoms with Crippen molar-refractivity contribution >= 4 is 38.7 Å². The molecule has 10 heteroatoms. The molecule has 3 aromatic rings. The monoisotopic (exact) mass is 306 g/mol. The number of benzene rings is 1. The van der Waals surface area contributed by atoms with Gasteiger partial charge in [0.1, 0.15) is 5.52 Å². The van der Waals surface area contributed by atoms with Gasteiger partial charge in [0, 0.05) is 5.69 Å². The summed E-state index contributed by atoms with van der Waals surface area (Å²) in [5.41, 5.74) is 7.14. The highest BCUT2D eigenvalue weighted by molar-refractivity contribution is 7.85. The zero-order valence-corrected chi connectivity index (χ0v) is 11.3. The first-order valence-corrected chi connectivity index (χ1v) is 7.19. The third-order valence-corrected chi connectivity index (χ3v) is 3.59. The number of hydrogen-bond acceptors (Lipinski definition) is 7. The summed E-state index contributed by atoms with van der Waals surface area (Å²) in [6.45, 7) is 0. The van der Waals surface area contributed by atoms with E-state index in [1.165, 1.54) is 30.6 Å². The molecule has 0 aliphatic heterocycles. The SMILES string of the molecule is Nc1nc(Nc2ccc(S(=O)(=O)O)cc2)c2[nH]cnc2n1. The van der Waals surface area contributed by atoms with Crippen LogP contribution in [-0.4, -0.2) is 32.9 Å². The number of nitrogens with one attached hydrogen (secondary N) is 2. The molecule has 5 N–H and O–H groups in total. The van der Waals surface area contributed by atoms with Crippen LogP contribution in [-0.2, 0) is 10.1 Å². The van der Waals surface area contributed by atoms with E-state index in [0.29, 0.717) is 22.7 Å². The molecule has 0 bridgehead atoms. The second-order valence-electron chi connectivity index (χ2n) is 4.16. The standard InChI is InChI=1S/C11H10N6O3S/c12-11-16-9-8(13-5-14-9)10(17-11)15-6-1-3-7(4-2-6)21(18,19)20/h1-5H,(H,18,19,20)(H4,12,13,14,15,16,17). The van der Waals surface area contributed by atoms with Gasteiger partial charge in [0.25, 0.3) is 10.1 Å². The number of hydrogen-bond donors (Lipinski definition) is 4. The first kappa shape index (κ1) is 13.3. The summed E-state index contributed by atoms with van der Waals surface area (Å²) >= 11 is 0. The Morgan fingerprint density at radius 2 is 1.90 bits per heavy atom. The van der Waals surface area contributed by atoms with Crippen molar-refractivity contribution < 1.29 is 13.0 Å². The van der Waals surface area contributed by atoms with Crippen molar-refractivity contribution in [3.8, 4) is 0 Å². The molecule has 0 amide bonds. The van der Waals surface area contributed by atoms with Gasteiger partial charge in [0.15, 0.2) is 11.5 Å².